The molecule has 0 saturated heterocycles. The number of carbonyl (C=O) groups is 1. The molecule has 1 amide bonds. The van der Waals surface area contributed by atoms with E-state index in [-0.39, 0.29) is 29.1 Å². The van der Waals surface area contributed by atoms with Crippen molar-refractivity contribution < 1.29 is 17.6 Å². The first kappa shape index (κ1) is 22.0. The van der Waals surface area contributed by atoms with Crippen molar-refractivity contribution in [1.82, 2.24) is 14.5 Å². The first-order chi connectivity index (χ1) is 14.3. The standard InChI is InChI=1S/C20H22N4O4S2/c1-4-29-16-9-5-14(6-10-16)13-18(25)21-20-23-22-19(28-20)15-7-11-17(12-8-15)30(26,27)24(2)3/h5-12H,4,13H2,1-3H3,(H,21,23,25). The topological polar surface area (TPSA) is 105 Å². The molecule has 3 aromatic rings. The van der Waals surface area contributed by atoms with Gasteiger partial charge in [-0.15, -0.1) is 16.9 Å². The van der Waals surface area contributed by atoms with Crippen molar-refractivity contribution in [3.63, 3.8) is 0 Å². The van der Waals surface area contributed by atoms with Gasteiger partial charge in [0.1, 0.15) is 0 Å². The summed E-state index contributed by atoms with van der Waals surface area (Å²) in [7, 11) is -0.580. The molecule has 30 heavy (non-hydrogen) atoms. The van der Waals surface area contributed by atoms with Crippen LogP contribution in [0.5, 0.6) is 0 Å². The van der Waals surface area contributed by atoms with E-state index in [4.69, 9.17) is 4.42 Å². The third-order valence-corrected chi connectivity index (χ3v) is 6.87. The van der Waals surface area contributed by atoms with Gasteiger partial charge in [-0.2, -0.15) is 0 Å². The lowest BCUT2D eigenvalue weighted by atomic mass is 10.1. The number of anilines is 1. The molecular formula is C20H22N4O4S2. The Hall–Kier alpha value is -2.69. The molecule has 10 heteroatoms. The maximum Gasteiger partial charge on any atom is 0.322 e. The number of benzene rings is 2. The number of hydrogen-bond acceptors (Lipinski definition) is 7. The van der Waals surface area contributed by atoms with E-state index in [2.05, 4.69) is 22.4 Å². The summed E-state index contributed by atoms with van der Waals surface area (Å²) in [6.07, 6.45) is 0.186. The highest BCUT2D eigenvalue weighted by Crippen LogP contribution is 2.23. The Morgan fingerprint density at radius 2 is 1.73 bits per heavy atom. The van der Waals surface area contributed by atoms with E-state index in [0.29, 0.717) is 5.56 Å². The summed E-state index contributed by atoms with van der Waals surface area (Å²) in [5.41, 5.74) is 1.43. The predicted molar refractivity (Wildman–Crippen MR) is 116 cm³/mol. The molecule has 0 aliphatic carbocycles. The molecular weight excluding hydrogens is 424 g/mol. The molecule has 0 saturated carbocycles. The number of carbonyl (C=O) groups excluding carboxylic acids is 1. The molecule has 0 radical (unpaired) electrons. The third-order valence-electron chi connectivity index (χ3n) is 4.15. The molecule has 0 aliphatic heterocycles. The van der Waals surface area contributed by atoms with Crippen LogP contribution in [-0.2, 0) is 21.2 Å². The summed E-state index contributed by atoms with van der Waals surface area (Å²) in [4.78, 5) is 13.6. The third kappa shape index (κ3) is 5.26. The fraction of sp³-hybridized carbons (Fsp3) is 0.250. The van der Waals surface area contributed by atoms with Crippen LogP contribution in [0.2, 0.25) is 0 Å². The van der Waals surface area contributed by atoms with Gasteiger partial charge in [0.05, 0.1) is 11.3 Å². The van der Waals surface area contributed by atoms with Crippen molar-refractivity contribution in [2.45, 2.75) is 23.1 Å². The Kier molecular flexibility index (Phi) is 6.91. The van der Waals surface area contributed by atoms with Gasteiger partial charge in [-0.05, 0) is 47.7 Å². The van der Waals surface area contributed by atoms with E-state index in [0.717, 1.165) is 20.5 Å². The first-order valence-corrected chi connectivity index (χ1v) is 11.6. The van der Waals surface area contributed by atoms with Crippen LogP contribution >= 0.6 is 11.8 Å². The van der Waals surface area contributed by atoms with Crippen LogP contribution in [0.1, 0.15) is 12.5 Å². The summed E-state index contributed by atoms with van der Waals surface area (Å²) < 4.78 is 30.9. The van der Waals surface area contributed by atoms with E-state index in [9.17, 15) is 13.2 Å². The maximum atomic E-state index is 12.2. The van der Waals surface area contributed by atoms with Crippen LogP contribution in [-0.4, -0.2) is 48.7 Å². The smallest absolute Gasteiger partial charge is 0.322 e. The second kappa shape index (κ2) is 9.41. The Balaban J connectivity index is 1.64. The average molecular weight is 447 g/mol. The summed E-state index contributed by atoms with van der Waals surface area (Å²) in [5, 5.41) is 10.3. The highest BCUT2D eigenvalue weighted by Gasteiger charge is 2.18. The molecule has 0 aliphatic rings. The largest absolute Gasteiger partial charge is 0.403 e. The minimum Gasteiger partial charge on any atom is -0.403 e. The predicted octanol–water partition coefficient (Wildman–Crippen LogP) is 3.28. The normalized spacial score (nSPS) is 11.6. The van der Waals surface area contributed by atoms with Crippen LogP contribution in [0.3, 0.4) is 0 Å². The van der Waals surface area contributed by atoms with Gasteiger partial charge in [-0.1, -0.05) is 24.2 Å². The van der Waals surface area contributed by atoms with Crippen molar-refractivity contribution in [3.05, 3.63) is 54.1 Å². The lowest BCUT2D eigenvalue weighted by Gasteiger charge is -2.11. The molecule has 0 fully saturated rings. The van der Waals surface area contributed by atoms with Gasteiger partial charge in [0.25, 0.3) is 0 Å². The maximum absolute atomic E-state index is 12.2. The van der Waals surface area contributed by atoms with E-state index < -0.39 is 10.0 Å². The van der Waals surface area contributed by atoms with Crippen molar-refractivity contribution in [2.24, 2.45) is 0 Å². The number of rotatable bonds is 8. The molecule has 158 valence electrons. The summed E-state index contributed by atoms with van der Waals surface area (Å²) in [5.74, 6) is 0.904. The van der Waals surface area contributed by atoms with Crippen molar-refractivity contribution in [3.8, 4) is 11.5 Å². The number of hydrogen-bond donors (Lipinski definition) is 1. The fourth-order valence-corrected chi connectivity index (χ4v) is 4.15. The van der Waals surface area contributed by atoms with Crippen molar-refractivity contribution >= 4 is 33.7 Å². The van der Waals surface area contributed by atoms with Gasteiger partial charge in [-0.3, -0.25) is 10.1 Å². The number of aromatic nitrogens is 2. The van der Waals surface area contributed by atoms with Gasteiger partial charge in [0.15, 0.2) is 0 Å². The lowest BCUT2D eigenvalue weighted by Crippen LogP contribution is -2.22. The van der Waals surface area contributed by atoms with E-state index in [1.807, 2.05) is 24.3 Å². The zero-order chi connectivity index (χ0) is 21.7. The highest BCUT2D eigenvalue weighted by molar-refractivity contribution is 7.99. The Labute approximate surface area is 179 Å². The zero-order valence-corrected chi connectivity index (χ0v) is 18.5. The molecule has 8 nitrogen and oxygen atoms in total. The molecule has 0 bridgehead atoms. The molecule has 0 atom stereocenters. The SMILES string of the molecule is CCSc1ccc(CC(=O)Nc2nnc(-c3ccc(S(=O)(=O)N(C)C)cc3)o2)cc1. The minimum absolute atomic E-state index is 0.0156. The van der Waals surface area contributed by atoms with Gasteiger partial charge < -0.3 is 4.42 Å². The van der Waals surface area contributed by atoms with E-state index in [1.54, 1.807) is 23.9 Å². The van der Waals surface area contributed by atoms with E-state index >= 15 is 0 Å². The van der Waals surface area contributed by atoms with Gasteiger partial charge in [0, 0.05) is 24.6 Å². The number of sulfonamides is 1. The fourth-order valence-electron chi connectivity index (χ4n) is 2.59. The Morgan fingerprint density at radius 3 is 2.33 bits per heavy atom. The molecule has 1 N–H and O–H groups in total. The van der Waals surface area contributed by atoms with Crippen LogP contribution in [0.4, 0.5) is 6.01 Å². The molecule has 0 unspecified atom stereocenters. The number of nitrogens with zero attached hydrogens (tertiary/aromatic N) is 3. The summed E-state index contributed by atoms with van der Waals surface area (Å²) in [6.45, 7) is 2.09. The monoisotopic (exact) mass is 446 g/mol. The molecule has 0 spiro atoms. The van der Waals surface area contributed by atoms with Crippen molar-refractivity contribution in [1.29, 1.82) is 0 Å². The summed E-state index contributed by atoms with van der Waals surface area (Å²) >= 11 is 1.74. The number of nitrogens with one attached hydrogen (secondary N) is 1. The summed E-state index contributed by atoms with van der Waals surface area (Å²) in [6, 6.07) is 13.9. The van der Waals surface area contributed by atoms with Crippen LogP contribution < -0.4 is 5.32 Å². The molecule has 2 aromatic carbocycles. The van der Waals surface area contributed by atoms with Crippen LogP contribution in [0, 0.1) is 0 Å². The molecule has 3 rings (SSSR count). The van der Waals surface area contributed by atoms with Gasteiger partial charge in [-0.25, -0.2) is 12.7 Å². The second-order valence-electron chi connectivity index (χ2n) is 6.53. The first-order valence-electron chi connectivity index (χ1n) is 9.17. The minimum atomic E-state index is -3.51. The Morgan fingerprint density at radius 1 is 1.07 bits per heavy atom. The lowest BCUT2D eigenvalue weighted by molar-refractivity contribution is -0.115. The zero-order valence-electron chi connectivity index (χ0n) is 16.8. The average Bonchev–Trinajstić information content (AvgIpc) is 3.18. The molecule has 1 aromatic heterocycles. The molecule has 1 heterocycles. The second-order valence-corrected chi connectivity index (χ2v) is 10.0. The van der Waals surface area contributed by atoms with E-state index in [1.165, 1.54) is 26.2 Å². The van der Waals surface area contributed by atoms with Gasteiger partial charge >= 0.3 is 6.01 Å². The quantitative estimate of drug-likeness (QED) is 0.529. The van der Waals surface area contributed by atoms with Crippen molar-refractivity contribution in [2.75, 3.05) is 25.2 Å². The van der Waals surface area contributed by atoms with Crippen LogP contribution in [0.15, 0.2) is 62.7 Å². The van der Waals surface area contributed by atoms with Crippen LogP contribution in [0.25, 0.3) is 11.5 Å². The number of thioether (sulfide) groups is 1. The number of amides is 1. The van der Waals surface area contributed by atoms with Gasteiger partial charge in [0.2, 0.25) is 21.8 Å². The Bertz CT molecular complexity index is 1110. The highest BCUT2D eigenvalue weighted by atomic mass is 32.2.